The van der Waals surface area contributed by atoms with Crippen LogP contribution in [0.1, 0.15) is 13.2 Å². The molecule has 3 rings (SSSR count). The lowest BCUT2D eigenvalue weighted by molar-refractivity contribution is -0.0569. The molecule has 0 aromatic carbocycles. The standard InChI is InChI=1S/C15H22ClN4O6P/c1-15(6-21)10(22)8(5-25-27(3,4)23)26-13(15)20-7-17-9-11(20)18-14(16)19-12(9)24-2/h7-8,10,13,21-22H,5-6H2,1-4H3/t8-,10?,13-,15+/m1/s1. The lowest BCUT2D eigenvalue weighted by Crippen LogP contribution is -2.41. The van der Waals surface area contributed by atoms with Crippen molar-refractivity contribution in [3.05, 3.63) is 11.6 Å². The largest absolute Gasteiger partial charge is 0.479 e. The molecule has 1 aliphatic rings. The number of nitrogens with zero attached hydrogens (tertiary/aromatic N) is 4. The maximum absolute atomic E-state index is 11.8. The third kappa shape index (κ3) is 3.70. The van der Waals surface area contributed by atoms with Crippen LogP contribution in [-0.4, -0.2) is 75.6 Å². The van der Waals surface area contributed by atoms with Crippen molar-refractivity contribution >= 4 is 30.1 Å². The van der Waals surface area contributed by atoms with Crippen LogP contribution < -0.4 is 4.74 Å². The Kier molecular flexibility index (Phi) is 5.51. The van der Waals surface area contributed by atoms with Crippen molar-refractivity contribution in [2.75, 3.05) is 33.7 Å². The third-order valence-electron chi connectivity index (χ3n) is 4.59. The van der Waals surface area contributed by atoms with Crippen LogP contribution in [0.3, 0.4) is 0 Å². The summed E-state index contributed by atoms with van der Waals surface area (Å²) in [5.41, 5.74) is -0.383. The minimum atomic E-state index is -2.76. The normalized spacial score (nSPS) is 28.8. The fourth-order valence-electron chi connectivity index (χ4n) is 3.08. The topological polar surface area (TPSA) is 129 Å². The zero-order chi connectivity index (χ0) is 20.0. The summed E-state index contributed by atoms with van der Waals surface area (Å²) in [6.07, 6.45) is -1.23. The van der Waals surface area contributed by atoms with Crippen LogP contribution in [0, 0.1) is 5.41 Å². The average Bonchev–Trinajstić information content (AvgIpc) is 3.12. The smallest absolute Gasteiger partial charge is 0.246 e. The fourth-order valence-corrected chi connectivity index (χ4v) is 3.75. The Labute approximate surface area is 160 Å². The summed E-state index contributed by atoms with van der Waals surface area (Å²) < 4.78 is 29.9. The number of halogens is 1. The van der Waals surface area contributed by atoms with Gasteiger partial charge in [-0.1, -0.05) is 6.92 Å². The molecule has 2 N–H and O–H groups in total. The number of hydrogen-bond donors (Lipinski definition) is 2. The highest BCUT2D eigenvalue weighted by molar-refractivity contribution is 7.57. The van der Waals surface area contributed by atoms with E-state index in [1.165, 1.54) is 26.8 Å². The molecule has 12 heteroatoms. The number of aliphatic hydroxyl groups is 2. The number of imidazole rings is 1. The first kappa shape index (κ1) is 20.4. The Morgan fingerprint density at radius 2 is 2.15 bits per heavy atom. The van der Waals surface area contributed by atoms with Crippen LogP contribution >= 0.6 is 19.0 Å². The third-order valence-corrected chi connectivity index (χ3v) is 5.53. The number of ether oxygens (including phenoxy) is 2. The second kappa shape index (κ2) is 7.27. The summed E-state index contributed by atoms with van der Waals surface area (Å²) in [4.78, 5) is 12.4. The van der Waals surface area contributed by atoms with Gasteiger partial charge in [-0.15, -0.1) is 0 Å². The molecule has 0 aliphatic carbocycles. The van der Waals surface area contributed by atoms with Gasteiger partial charge in [0.2, 0.25) is 11.2 Å². The van der Waals surface area contributed by atoms with Crippen LogP contribution in [-0.2, 0) is 13.8 Å². The molecule has 1 unspecified atom stereocenters. The van der Waals surface area contributed by atoms with Crippen LogP contribution in [0.25, 0.3) is 11.2 Å². The predicted molar refractivity (Wildman–Crippen MR) is 97.4 cm³/mol. The first-order chi connectivity index (χ1) is 12.6. The fraction of sp³-hybridized carbons (Fsp3) is 0.667. The molecule has 10 nitrogen and oxygen atoms in total. The van der Waals surface area contributed by atoms with Crippen LogP contribution in [0.5, 0.6) is 5.88 Å². The first-order valence-electron chi connectivity index (χ1n) is 8.18. The summed E-state index contributed by atoms with van der Waals surface area (Å²) in [7, 11) is -1.32. The van der Waals surface area contributed by atoms with E-state index < -0.39 is 31.2 Å². The quantitative estimate of drug-likeness (QED) is 0.524. The van der Waals surface area contributed by atoms with Crippen molar-refractivity contribution in [1.82, 2.24) is 19.5 Å². The molecule has 150 valence electrons. The Hall–Kier alpha value is -1.29. The van der Waals surface area contributed by atoms with E-state index in [0.717, 1.165) is 0 Å². The molecule has 27 heavy (non-hydrogen) atoms. The van der Waals surface area contributed by atoms with Gasteiger partial charge in [0.1, 0.15) is 12.3 Å². The number of fused-ring (bicyclic) bond motifs is 1. The zero-order valence-corrected chi connectivity index (χ0v) is 17.0. The van der Waals surface area contributed by atoms with Gasteiger partial charge in [-0.05, 0) is 11.6 Å². The maximum Gasteiger partial charge on any atom is 0.246 e. The number of aromatic nitrogens is 4. The second-order valence-corrected chi connectivity index (χ2v) is 10.1. The van der Waals surface area contributed by atoms with E-state index in [1.54, 1.807) is 11.5 Å². The van der Waals surface area contributed by atoms with Gasteiger partial charge in [0.05, 0.1) is 38.2 Å². The molecule has 4 atom stereocenters. The highest BCUT2D eigenvalue weighted by atomic mass is 35.5. The predicted octanol–water partition coefficient (Wildman–Crippen LogP) is 1.30. The van der Waals surface area contributed by atoms with Gasteiger partial charge < -0.3 is 24.2 Å². The van der Waals surface area contributed by atoms with Gasteiger partial charge in [0.25, 0.3) is 0 Å². The number of hydrogen-bond acceptors (Lipinski definition) is 9. The summed E-state index contributed by atoms with van der Waals surface area (Å²) in [6.45, 7) is 4.17. The molecule has 0 saturated carbocycles. The minimum absolute atomic E-state index is 0.0388. The summed E-state index contributed by atoms with van der Waals surface area (Å²) >= 11 is 5.97. The van der Waals surface area contributed by atoms with Gasteiger partial charge in [0.15, 0.2) is 18.5 Å². The van der Waals surface area contributed by atoms with Crippen LogP contribution in [0.2, 0.25) is 5.28 Å². The van der Waals surface area contributed by atoms with E-state index in [4.69, 9.17) is 25.6 Å². The second-order valence-electron chi connectivity index (χ2n) is 7.01. The molecule has 1 saturated heterocycles. The molecule has 0 bridgehead atoms. The van der Waals surface area contributed by atoms with Gasteiger partial charge in [-0.25, -0.2) is 4.98 Å². The molecular weight excluding hydrogens is 399 g/mol. The monoisotopic (exact) mass is 420 g/mol. The Morgan fingerprint density at radius 3 is 2.74 bits per heavy atom. The van der Waals surface area contributed by atoms with Crippen LogP contribution in [0.4, 0.5) is 0 Å². The van der Waals surface area contributed by atoms with Gasteiger partial charge in [-0.2, -0.15) is 9.97 Å². The molecule has 1 fully saturated rings. The lowest BCUT2D eigenvalue weighted by atomic mass is 9.83. The Morgan fingerprint density at radius 1 is 1.44 bits per heavy atom. The molecule has 0 amide bonds. The molecular formula is C15H22ClN4O6P. The van der Waals surface area contributed by atoms with Crippen molar-refractivity contribution in [2.45, 2.75) is 25.4 Å². The molecule has 0 spiro atoms. The highest BCUT2D eigenvalue weighted by Crippen LogP contribution is 2.47. The van der Waals surface area contributed by atoms with Crippen molar-refractivity contribution in [3.63, 3.8) is 0 Å². The Balaban J connectivity index is 2.01. The first-order valence-corrected chi connectivity index (χ1v) is 11.1. The van der Waals surface area contributed by atoms with E-state index in [0.29, 0.717) is 11.2 Å². The number of aliphatic hydroxyl groups excluding tert-OH is 2. The molecule has 2 aromatic heterocycles. The van der Waals surface area contributed by atoms with Gasteiger partial charge in [-0.3, -0.25) is 9.13 Å². The van der Waals surface area contributed by atoms with Crippen molar-refractivity contribution in [1.29, 1.82) is 0 Å². The average molecular weight is 421 g/mol. The van der Waals surface area contributed by atoms with Gasteiger partial charge in [0, 0.05) is 13.3 Å². The lowest BCUT2D eigenvalue weighted by Gasteiger charge is -2.31. The maximum atomic E-state index is 11.8. The van der Waals surface area contributed by atoms with E-state index in [1.807, 2.05) is 0 Å². The molecule has 0 radical (unpaired) electrons. The summed E-state index contributed by atoms with van der Waals surface area (Å²) in [5, 5.41) is 20.7. The van der Waals surface area contributed by atoms with E-state index in [-0.39, 0.29) is 24.4 Å². The van der Waals surface area contributed by atoms with E-state index in [2.05, 4.69) is 15.0 Å². The molecule has 2 aromatic rings. The van der Waals surface area contributed by atoms with Crippen LogP contribution in [0.15, 0.2) is 6.33 Å². The van der Waals surface area contributed by atoms with Crippen molar-refractivity contribution in [2.24, 2.45) is 5.41 Å². The minimum Gasteiger partial charge on any atom is -0.479 e. The molecule has 1 aliphatic heterocycles. The highest BCUT2D eigenvalue weighted by Gasteiger charge is 2.54. The summed E-state index contributed by atoms with van der Waals surface area (Å²) in [6, 6.07) is 0. The SMILES string of the molecule is COc1nc(Cl)nc2c1ncn2[C@@H]1O[C@H](COP(C)(C)=O)C(O)[C@]1(C)CO. The Bertz CT molecular complexity index is 889. The van der Waals surface area contributed by atoms with Crippen molar-refractivity contribution < 1.29 is 28.8 Å². The summed E-state index contributed by atoms with van der Waals surface area (Å²) in [5.74, 6) is 0.200. The van der Waals surface area contributed by atoms with E-state index >= 15 is 0 Å². The molecule has 3 heterocycles. The zero-order valence-electron chi connectivity index (χ0n) is 15.4. The van der Waals surface area contributed by atoms with Gasteiger partial charge >= 0.3 is 0 Å². The number of rotatable bonds is 6. The number of methoxy groups -OCH3 is 1. The van der Waals surface area contributed by atoms with E-state index in [9.17, 15) is 14.8 Å². The van der Waals surface area contributed by atoms with Crippen molar-refractivity contribution in [3.8, 4) is 5.88 Å².